The van der Waals surface area contributed by atoms with Crippen LogP contribution in [0.4, 0.5) is 0 Å². The van der Waals surface area contributed by atoms with Crippen LogP contribution in [0.25, 0.3) is 0 Å². The van der Waals surface area contributed by atoms with Crippen LogP contribution in [-0.4, -0.2) is 22.8 Å². The van der Waals surface area contributed by atoms with Crippen LogP contribution in [0.2, 0.25) is 0 Å². The Morgan fingerprint density at radius 1 is 1.33 bits per heavy atom. The average Bonchev–Trinajstić information content (AvgIpc) is 2.78. The summed E-state index contributed by atoms with van der Waals surface area (Å²) in [5, 5.41) is 9.89. The lowest BCUT2D eigenvalue weighted by atomic mass is 9.85. The van der Waals surface area contributed by atoms with Gasteiger partial charge in [-0.3, -0.25) is 9.59 Å². The molecule has 2 atom stereocenters. The maximum atomic E-state index is 11.7. The van der Waals surface area contributed by atoms with Crippen LogP contribution >= 0.6 is 0 Å². The van der Waals surface area contributed by atoms with Crippen LogP contribution < -0.4 is 5.73 Å². The van der Waals surface area contributed by atoms with Gasteiger partial charge in [-0.2, -0.15) is 0 Å². The van der Waals surface area contributed by atoms with Crippen molar-refractivity contribution < 1.29 is 14.7 Å². The molecule has 1 unspecified atom stereocenters. The van der Waals surface area contributed by atoms with Gasteiger partial charge in [0, 0.05) is 18.0 Å². The molecule has 0 radical (unpaired) electrons. The van der Waals surface area contributed by atoms with E-state index in [1.165, 1.54) is 0 Å². The van der Waals surface area contributed by atoms with Crippen molar-refractivity contribution in [2.75, 3.05) is 0 Å². The smallest absolute Gasteiger partial charge is 0.201 e. The Labute approximate surface area is 125 Å². The molecule has 0 spiro atoms. The zero-order valence-electron chi connectivity index (χ0n) is 12.3. The number of hydrogen-bond acceptors (Lipinski definition) is 4. The van der Waals surface area contributed by atoms with Gasteiger partial charge in [0.05, 0.1) is 6.10 Å². The normalized spacial score (nSPS) is 27.4. The number of Topliss-reactive ketones (excluding diaryl/α,β-unsaturated/α-hetero) is 2. The molecule has 2 aliphatic rings. The first-order chi connectivity index (χ1) is 10.0. The minimum Gasteiger partial charge on any atom is -0.400 e. The van der Waals surface area contributed by atoms with Gasteiger partial charge in [0.1, 0.15) is 0 Å². The Morgan fingerprint density at radius 2 is 2.10 bits per heavy atom. The second-order valence-corrected chi connectivity index (χ2v) is 5.83. The quantitative estimate of drug-likeness (QED) is 0.600. The van der Waals surface area contributed by atoms with E-state index in [9.17, 15) is 14.7 Å². The largest absolute Gasteiger partial charge is 0.400 e. The number of aliphatic hydroxyl groups is 1. The van der Waals surface area contributed by atoms with Crippen molar-refractivity contribution in [3.8, 4) is 0 Å². The van der Waals surface area contributed by atoms with Crippen molar-refractivity contribution in [1.29, 1.82) is 0 Å². The van der Waals surface area contributed by atoms with Crippen LogP contribution in [0.3, 0.4) is 0 Å². The lowest BCUT2D eigenvalue weighted by Crippen LogP contribution is -2.24. The second kappa shape index (κ2) is 6.85. The third-order valence-electron chi connectivity index (χ3n) is 4.45. The fourth-order valence-corrected chi connectivity index (χ4v) is 3.19. The number of hydrogen-bond donors (Lipinski definition) is 2. The summed E-state index contributed by atoms with van der Waals surface area (Å²) in [6.45, 7) is 3.72. The number of carbonyl (C=O) groups is 2. The molecular weight excluding hydrogens is 266 g/mol. The van der Waals surface area contributed by atoms with Gasteiger partial charge in [0.15, 0.2) is 5.78 Å². The molecule has 1 fully saturated rings. The molecular formula is C17H23NO3. The van der Waals surface area contributed by atoms with Gasteiger partial charge in [-0.15, -0.1) is 0 Å². The Morgan fingerprint density at radius 3 is 2.71 bits per heavy atom. The third-order valence-corrected chi connectivity index (χ3v) is 4.45. The fourth-order valence-electron chi connectivity index (χ4n) is 3.19. The Hall–Kier alpha value is -1.68. The molecule has 21 heavy (non-hydrogen) atoms. The first kappa shape index (κ1) is 15.7. The van der Waals surface area contributed by atoms with Gasteiger partial charge in [0.2, 0.25) is 5.78 Å². The summed E-state index contributed by atoms with van der Waals surface area (Å²) in [4.78, 5) is 23.0. The first-order valence-corrected chi connectivity index (χ1v) is 7.60. The predicted octanol–water partition coefficient (Wildman–Crippen LogP) is 2.18. The Balaban J connectivity index is 2.09. The summed E-state index contributed by atoms with van der Waals surface area (Å²) in [6, 6.07) is 0. The molecule has 0 aromatic rings. The molecule has 4 nitrogen and oxygen atoms in total. The van der Waals surface area contributed by atoms with E-state index in [2.05, 4.69) is 6.58 Å². The number of ketones is 2. The molecule has 2 aliphatic carbocycles. The Kier molecular flexibility index (Phi) is 5.12. The Bertz CT molecular complexity index is 516. The highest BCUT2D eigenvalue weighted by Crippen LogP contribution is 2.32. The predicted molar refractivity (Wildman–Crippen MR) is 81.3 cm³/mol. The SMILES string of the molecule is C=C/C=C(/CC[C@@H]1CCC(=O)C1=O)C1=C(N)C(O)CCC1. The zero-order valence-corrected chi connectivity index (χ0v) is 12.3. The van der Waals surface area contributed by atoms with E-state index in [0.717, 1.165) is 24.0 Å². The first-order valence-electron chi connectivity index (χ1n) is 7.60. The second-order valence-electron chi connectivity index (χ2n) is 5.83. The molecule has 1 saturated carbocycles. The van der Waals surface area contributed by atoms with Crippen molar-refractivity contribution in [3.63, 3.8) is 0 Å². The zero-order chi connectivity index (χ0) is 15.4. The van der Waals surface area contributed by atoms with Crippen molar-refractivity contribution in [1.82, 2.24) is 0 Å². The highest BCUT2D eigenvalue weighted by Gasteiger charge is 2.32. The molecule has 2 rings (SSSR count). The maximum absolute atomic E-state index is 11.7. The fraction of sp³-hybridized carbons (Fsp3) is 0.529. The standard InChI is InChI=1S/C17H23NO3/c1-2-4-11(13-5-3-6-14(19)16(13)18)7-8-12-9-10-15(20)17(12)21/h2,4,12,14,19H,1,3,5-10,18H2/b11-4-/t12-,14?/m1/s1. The van der Waals surface area contributed by atoms with Crippen molar-refractivity contribution >= 4 is 11.6 Å². The minimum absolute atomic E-state index is 0.152. The van der Waals surface area contributed by atoms with Crippen LogP contribution in [0.15, 0.2) is 35.6 Å². The number of allylic oxidation sites excluding steroid dienone is 4. The van der Waals surface area contributed by atoms with Gasteiger partial charge in [0.25, 0.3) is 0 Å². The maximum Gasteiger partial charge on any atom is 0.201 e. The van der Waals surface area contributed by atoms with Gasteiger partial charge in [-0.25, -0.2) is 0 Å². The monoisotopic (exact) mass is 289 g/mol. The summed E-state index contributed by atoms with van der Waals surface area (Å²) >= 11 is 0. The summed E-state index contributed by atoms with van der Waals surface area (Å²) in [6.07, 6.45) is 7.90. The molecule has 0 bridgehead atoms. The lowest BCUT2D eigenvalue weighted by molar-refractivity contribution is -0.135. The van der Waals surface area contributed by atoms with Crippen molar-refractivity contribution in [2.24, 2.45) is 11.7 Å². The molecule has 0 saturated heterocycles. The molecule has 0 aliphatic heterocycles. The highest BCUT2D eigenvalue weighted by atomic mass is 16.3. The molecule has 0 amide bonds. The van der Waals surface area contributed by atoms with Crippen LogP contribution in [-0.2, 0) is 9.59 Å². The van der Waals surface area contributed by atoms with E-state index >= 15 is 0 Å². The van der Waals surface area contributed by atoms with E-state index < -0.39 is 6.10 Å². The van der Waals surface area contributed by atoms with Crippen LogP contribution in [0.1, 0.15) is 44.9 Å². The molecule has 0 aromatic heterocycles. The van der Waals surface area contributed by atoms with E-state index in [1.807, 2.05) is 6.08 Å². The van der Waals surface area contributed by atoms with E-state index in [1.54, 1.807) is 6.08 Å². The van der Waals surface area contributed by atoms with E-state index in [4.69, 9.17) is 5.73 Å². The van der Waals surface area contributed by atoms with Crippen LogP contribution in [0, 0.1) is 5.92 Å². The average molecular weight is 289 g/mol. The topological polar surface area (TPSA) is 80.4 Å². The molecule has 114 valence electrons. The highest BCUT2D eigenvalue weighted by molar-refractivity contribution is 6.39. The number of rotatable bonds is 5. The van der Waals surface area contributed by atoms with Gasteiger partial charge in [-0.1, -0.05) is 18.7 Å². The van der Waals surface area contributed by atoms with E-state index in [0.29, 0.717) is 37.8 Å². The molecule has 4 heteroatoms. The minimum atomic E-state index is -0.573. The van der Waals surface area contributed by atoms with Gasteiger partial charge in [-0.05, 0) is 49.7 Å². The third kappa shape index (κ3) is 3.50. The number of aliphatic hydroxyl groups excluding tert-OH is 1. The number of carbonyl (C=O) groups excluding carboxylic acids is 2. The molecule has 0 heterocycles. The van der Waals surface area contributed by atoms with Crippen LogP contribution in [0.5, 0.6) is 0 Å². The van der Waals surface area contributed by atoms with E-state index in [-0.39, 0.29) is 17.5 Å². The molecule has 0 aromatic carbocycles. The van der Waals surface area contributed by atoms with Gasteiger partial charge >= 0.3 is 0 Å². The summed E-state index contributed by atoms with van der Waals surface area (Å²) in [5.41, 5.74) is 8.59. The van der Waals surface area contributed by atoms with Crippen molar-refractivity contribution in [2.45, 2.75) is 51.0 Å². The summed E-state index contributed by atoms with van der Waals surface area (Å²) in [7, 11) is 0. The lowest BCUT2D eigenvalue weighted by Gasteiger charge is -2.24. The number of nitrogens with two attached hydrogens (primary N) is 1. The van der Waals surface area contributed by atoms with Crippen molar-refractivity contribution in [3.05, 3.63) is 35.6 Å². The summed E-state index contributed by atoms with van der Waals surface area (Å²) < 4.78 is 0. The van der Waals surface area contributed by atoms with Gasteiger partial charge < -0.3 is 10.8 Å². The summed E-state index contributed by atoms with van der Waals surface area (Å²) in [5.74, 6) is -0.610. The molecule has 3 N–H and O–H groups in total.